The van der Waals surface area contributed by atoms with E-state index in [1.54, 1.807) is 12.1 Å². The van der Waals surface area contributed by atoms with Crippen molar-refractivity contribution in [1.82, 2.24) is 0 Å². The second-order valence-electron chi connectivity index (χ2n) is 2.71. The van der Waals surface area contributed by atoms with Crippen LogP contribution in [-0.2, 0) is 4.79 Å². The molecule has 3 N–H and O–H groups in total. The van der Waals surface area contributed by atoms with E-state index in [2.05, 4.69) is 5.32 Å². The maximum absolute atomic E-state index is 11.0. The highest BCUT2D eigenvalue weighted by atomic mass is 16.5. The Morgan fingerprint density at radius 3 is 3.00 bits per heavy atom. The van der Waals surface area contributed by atoms with Crippen LogP contribution >= 0.6 is 0 Å². The van der Waals surface area contributed by atoms with E-state index < -0.39 is 0 Å². The summed E-state index contributed by atoms with van der Waals surface area (Å²) >= 11 is 0. The molecule has 0 saturated heterocycles. The van der Waals surface area contributed by atoms with Gasteiger partial charge < -0.3 is 15.8 Å². The normalized spacial score (nSPS) is 9.57. The lowest BCUT2D eigenvalue weighted by atomic mass is 10.3. The number of amides is 1. The molecule has 0 aromatic heterocycles. The number of hydrogen-bond donors (Lipinski definition) is 2. The minimum atomic E-state index is -0.210. The van der Waals surface area contributed by atoms with Crippen LogP contribution in [0.1, 0.15) is 6.92 Å². The number of ether oxygens (including phenoxy) is 1. The number of carbonyl (C=O) groups excluding carboxylic acids is 1. The zero-order chi connectivity index (χ0) is 10.4. The van der Waals surface area contributed by atoms with Crippen molar-refractivity contribution in [2.24, 2.45) is 5.73 Å². The van der Waals surface area contributed by atoms with Crippen molar-refractivity contribution in [2.75, 3.05) is 18.5 Å². The predicted octanol–water partition coefficient (Wildman–Crippen LogP) is 0.982. The summed E-state index contributed by atoms with van der Waals surface area (Å²) in [6.07, 6.45) is 0. The van der Waals surface area contributed by atoms with E-state index in [0.717, 1.165) is 5.75 Å². The highest BCUT2D eigenvalue weighted by Crippen LogP contribution is 2.16. The van der Waals surface area contributed by atoms with Crippen LogP contribution in [0.5, 0.6) is 5.75 Å². The Morgan fingerprint density at radius 1 is 1.57 bits per heavy atom. The molecule has 1 aromatic rings. The van der Waals surface area contributed by atoms with Crippen molar-refractivity contribution in [2.45, 2.75) is 6.92 Å². The SMILES string of the molecule is CCOc1cccc(NC(=O)CN)c1. The molecule has 0 atom stereocenters. The lowest BCUT2D eigenvalue weighted by Gasteiger charge is -2.06. The molecule has 4 heteroatoms. The summed E-state index contributed by atoms with van der Waals surface area (Å²) < 4.78 is 5.28. The van der Waals surface area contributed by atoms with Crippen LogP contribution in [0.4, 0.5) is 5.69 Å². The topological polar surface area (TPSA) is 64.3 Å². The molecule has 1 rings (SSSR count). The van der Waals surface area contributed by atoms with Gasteiger partial charge in [-0.1, -0.05) is 6.07 Å². The minimum absolute atomic E-state index is 0.0150. The Kier molecular flexibility index (Phi) is 3.94. The molecule has 0 bridgehead atoms. The zero-order valence-electron chi connectivity index (χ0n) is 8.12. The van der Waals surface area contributed by atoms with Gasteiger partial charge in [0.15, 0.2) is 0 Å². The van der Waals surface area contributed by atoms with Crippen LogP contribution < -0.4 is 15.8 Å². The van der Waals surface area contributed by atoms with Crippen molar-refractivity contribution in [3.8, 4) is 5.75 Å². The molecule has 4 nitrogen and oxygen atoms in total. The van der Waals surface area contributed by atoms with Gasteiger partial charge in [0, 0.05) is 11.8 Å². The first-order valence-electron chi connectivity index (χ1n) is 4.49. The average Bonchev–Trinajstić information content (AvgIpc) is 2.19. The third-order valence-electron chi connectivity index (χ3n) is 1.61. The number of nitrogens with two attached hydrogens (primary N) is 1. The van der Waals surface area contributed by atoms with Crippen molar-refractivity contribution >= 4 is 11.6 Å². The summed E-state index contributed by atoms with van der Waals surface area (Å²) in [7, 11) is 0. The molecule has 0 radical (unpaired) electrons. The maximum Gasteiger partial charge on any atom is 0.238 e. The van der Waals surface area contributed by atoms with Crippen LogP contribution in [-0.4, -0.2) is 19.1 Å². The van der Waals surface area contributed by atoms with E-state index in [1.165, 1.54) is 0 Å². The number of rotatable bonds is 4. The number of hydrogen-bond acceptors (Lipinski definition) is 3. The molecular weight excluding hydrogens is 180 g/mol. The predicted molar refractivity (Wildman–Crippen MR) is 55.3 cm³/mol. The molecule has 76 valence electrons. The fraction of sp³-hybridized carbons (Fsp3) is 0.300. The fourth-order valence-corrected chi connectivity index (χ4v) is 1.04. The third kappa shape index (κ3) is 3.06. The van der Waals surface area contributed by atoms with Crippen LogP contribution in [0.3, 0.4) is 0 Å². The van der Waals surface area contributed by atoms with E-state index in [0.29, 0.717) is 12.3 Å². The summed E-state index contributed by atoms with van der Waals surface area (Å²) in [5.41, 5.74) is 5.87. The second kappa shape index (κ2) is 5.24. The smallest absolute Gasteiger partial charge is 0.238 e. The Balaban J connectivity index is 2.68. The molecule has 0 saturated carbocycles. The highest BCUT2D eigenvalue weighted by Gasteiger charge is 1.99. The van der Waals surface area contributed by atoms with Gasteiger partial charge in [0.2, 0.25) is 5.91 Å². The molecule has 0 aliphatic carbocycles. The van der Waals surface area contributed by atoms with Gasteiger partial charge in [0.25, 0.3) is 0 Å². The van der Waals surface area contributed by atoms with Gasteiger partial charge >= 0.3 is 0 Å². The molecule has 0 fully saturated rings. The Morgan fingerprint density at radius 2 is 2.36 bits per heavy atom. The van der Waals surface area contributed by atoms with E-state index in [9.17, 15) is 4.79 Å². The van der Waals surface area contributed by atoms with Crippen molar-refractivity contribution in [3.63, 3.8) is 0 Å². The van der Waals surface area contributed by atoms with Gasteiger partial charge in [-0.3, -0.25) is 4.79 Å². The first-order valence-corrected chi connectivity index (χ1v) is 4.49. The molecule has 0 aliphatic rings. The van der Waals surface area contributed by atoms with Gasteiger partial charge in [-0.05, 0) is 19.1 Å². The number of anilines is 1. The van der Waals surface area contributed by atoms with Crippen molar-refractivity contribution < 1.29 is 9.53 Å². The van der Waals surface area contributed by atoms with Gasteiger partial charge in [-0.25, -0.2) is 0 Å². The molecule has 1 amide bonds. The number of benzene rings is 1. The van der Waals surface area contributed by atoms with E-state index >= 15 is 0 Å². The molecule has 0 spiro atoms. The summed E-state index contributed by atoms with van der Waals surface area (Å²) in [5, 5.41) is 2.65. The molecule has 0 unspecified atom stereocenters. The van der Waals surface area contributed by atoms with Gasteiger partial charge in [-0.15, -0.1) is 0 Å². The second-order valence-corrected chi connectivity index (χ2v) is 2.71. The molecule has 1 aromatic carbocycles. The Hall–Kier alpha value is -1.55. The lowest BCUT2D eigenvalue weighted by molar-refractivity contribution is -0.114. The third-order valence-corrected chi connectivity index (χ3v) is 1.61. The van der Waals surface area contributed by atoms with Crippen molar-refractivity contribution in [3.05, 3.63) is 24.3 Å². The van der Waals surface area contributed by atoms with Gasteiger partial charge in [-0.2, -0.15) is 0 Å². The minimum Gasteiger partial charge on any atom is -0.494 e. The first kappa shape index (κ1) is 10.5. The van der Waals surface area contributed by atoms with E-state index in [1.807, 2.05) is 19.1 Å². The summed E-state index contributed by atoms with van der Waals surface area (Å²) in [6.45, 7) is 2.50. The van der Waals surface area contributed by atoms with Gasteiger partial charge in [0.1, 0.15) is 5.75 Å². The molecule has 0 aliphatic heterocycles. The summed E-state index contributed by atoms with van der Waals surface area (Å²) in [4.78, 5) is 11.0. The Bertz CT molecular complexity index is 313. The molecule has 0 heterocycles. The average molecular weight is 194 g/mol. The van der Waals surface area contributed by atoms with Crippen LogP contribution in [0.15, 0.2) is 24.3 Å². The van der Waals surface area contributed by atoms with E-state index in [4.69, 9.17) is 10.5 Å². The molecule has 14 heavy (non-hydrogen) atoms. The van der Waals surface area contributed by atoms with Crippen LogP contribution in [0.25, 0.3) is 0 Å². The number of carbonyl (C=O) groups is 1. The monoisotopic (exact) mass is 194 g/mol. The van der Waals surface area contributed by atoms with Crippen molar-refractivity contribution in [1.29, 1.82) is 0 Å². The maximum atomic E-state index is 11.0. The zero-order valence-corrected chi connectivity index (χ0v) is 8.12. The lowest BCUT2D eigenvalue weighted by Crippen LogP contribution is -2.21. The fourth-order valence-electron chi connectivity index (χ4n) is 1.04. The summed E-state index contributed by atoms with van der Waals surface area (Å²) in [5.74, 6) is 0.529. The molecular formula is C10H14N2O2. The number of nitrogens with one attached hydrogen (secondary N) is 1. The summed E-state index contributed by atoms with van der Waals surface area (Å²) in [6, 6.07) is 7.20. The standard InChI is InChI=1S/C10H14N2O2/c1-2-14-9-5-3-4-8(6-9)12-10(13)7-11/h3-6H,2,7,11H2,1H3,(H,12,13). The Labute approximate surface area is 83.1 Å². The highest BCUT2D eigenvalue weighted by molar-refractivity contribution is 5.92. The quantitative estimate of drug-likeness (QED) is 0.751. The first-order chi connectivity index (χ1) is 6.76. The van der Waals surface area contributed by atoms with Gasteiger partial charge in [0.05, 0.1) is 13.2 Å². The van der Waals surface area contributed by atoms with E-state index in [-0.39, 0.29) is 12.5 Å². The largest absolute Gasteiger partial charge is 0.494 e. The van der Waals surface area contributed by atoms with Crippen LogP contribution in [0.2, 0.25) is 0 Å². The van der Waals surface area contributed by atoms with Crippen LogP contribution in [0, 0.1) is 0 Å².